The van der Waals surface area contributed by atoms with Crippen molar-refractivity contribution in [1.29, 1.82) is 0 Å². The van der Waals surface area contributed by atoms with Crippen molar-refractivity contribution in [2.75, 3.05) is 160 Å². The molecule has 0 unspecified atom stereocenters. The number of hydrogen-bond acceptors (Lipinski definition) is 17. The smallest absolute Gasteiger partial charge is 0.305 e. The molecule has 0 fully saturated rings. The van der Waals surface area contributed by atoms with Crippen molar-refractivity contribution < 1.29 is 71.2 Å². The van der Waals surface area contributed by atoms with Crippen LogP contribution in [0, 0.1) is 13.8 Å². The maximum absolute atomic E-state index is 13.7. The largest absolute Gasteiger partial charge is 0.487 e. The molecule has 3 aromatic rings. The van der Waals surface area contributed by atoms with E-state index in [0.717, 1.165) is 48.2 Å². The van der Waals surface area contributed by atoms with Crippen LogP contribution in [0.3, 0.4) is 0 Å². The zero-order chi connectivity index (χ0) is 51.2. The highest BCUT2D eigenvalue weighted by Crippen LogP contribution is 2.39. The van der Waals surface area contributed by atoms with Gasteiger partial charge in [-0.2, -0.15) is 0 Å². The topological polar surface area (TPSA) is 180 Å². The molecule has 3 rings (SSSR count). The molecule has 0 heterocycles. The third-order valence-corrected chi connectivity index (χ3v) is 10.0. The monoisotopic (exact) mass is 1000 g/mol. The molecule has 0 spiro atoms. The van der Waals surface area contributed by atoms with Crippen LogP contribution in [-0.4, -0.2) is 188 Å². The molecule has 18 heteroatoms. The van der Waals surface area contributed by atoms with Gasteiger partial charge in [0, 0.05) is 24.9 Å². The second-order valence-corrected chi connectivity index (χ2v) is 17.0. The molecular formula is C53H81N3O15. The van der Waals surface area contributed by atoms with Crippen molar-refractivity contribution in [2.45, 2.75) is 52.7 Å². The molecule has 3 aromatic carbocycles. The van der Waals surface area contributed by atoms with Crippen LogP contribution >= 0.6 is 0 Å². The first-order valence-corrected chi connectivity index (χ1v) is 24.6. The van der Waals surface area contributed by atoms with Gasteiger partial charge in [-0.15, -0.1) is 0 Å². The van der Waals surface area contributed by atoms with Gasteiger partial charge in [-0.05, 0) is 91.2 Å². The fourth-order valence-electron chi connectivity index (χ4n) is 6.64. The van der Waals surface area contributed by atoms with Gasteiger partial charge in [-0.25, -0.2) is 0 Å². The maximum Gasteiger partial charge on any atom is 0.305 e. The molecule has 0 aliphatic rings. The molecule has 1 N–H and O–H groups in total. The van der Waals surface area contributed by atoms with E-state index in [-0.39, 0.29) is 114 Å². The molecular weight excluding hydrogens is 919 g/mol. The van der Waals surface area contributed by atoms with Crippen molar-refractivity contribution in [3.63, 3.8) is 0 Å². The lowest BCUT2D eigenvalue weighted by molar-refractivity contribution is -0.146. The van der Waals surface area contributed by atoms with Crippen LogP contribution in [-0.2, 0) is 65.4 Å². The molecule has 0 aromatic heterocycles. The molecule has 18 nitrogen and oxygen atoms in total. The number of benzene rings is 3. The average Bonchev–Trinajstić information content (AvgIpc) is 3.33. The highest BCUT2D eigenvalue weighted by Gasteiger charge is 2.20. The summed E-state index contributed by atoms with van der Waals surface area (Å²) in [4.78, 5) is 41.6. The summed E-state index contributed by atoms with van der Waals surface area (Å²) in [6, 6.07) is 19.3. The molecule has 0 saturated heterocycles. The quantitative estimate of drug-likeness (QED) is 0.0558. The fourth-order valence-corrected chi connectivity index (χ4v) is 6.64. The Bertz CT molecular complexity index is 1870. The Hall–Kier alpha value is -4.89. The van der Waals surface area contributed by atoms with Gasteiger partial charge in [0.1, 0.15) is 33.0 Å². The van der Waals surface area contributed by atoms with E-state index in [4.69, 9.17) is 56.8 Å². The van der Waals surface area contributed by atoms with Crippen LogP contribution in [0.4, 0.5) is 0 Å². The molecule has 0 aliphatic heterocycles. The summed E-state index contributed by atoms with van der Waals surface area (Å²) in [5, 5.41) is 3.02. The third kappa shape index (κ3) is 30.6. The minimum absolute atomic E-state index is 0.119. The number of nitrogens with zero attached hydrogens (tertiary/aromatic N) is 2. The Balaban J connectivity index is 1.57. The van der Waals surface area contributed by atoms with Gasteiger partial charge in [0.05, 0.1) is 92.5 Å². The summed E-state index contributed by atoms with van der Waals surface area (Å²) in [5.74, 6) is 0.0129. The lowest BCUT2D eigenvalue weighted by atomic mass is 10.1. The molecule has 0 saturated carbocycles. The Morgan fingerprint density at radius 3 is 1.32 bits per heavy atom. The van der Waals surface area contributed by atoms with Gasteiger partial charge in [0.2, 0.25) is 5.75 Å². The molecule has 0 radical (unpaired) electrons. The summed E-state index contributed by atoms with van der Waals surface area (Å²) in [6.45, 7) is 11.2. The number of aryl methyl sites for hydroxylation is 2. The number of hydrogen-bond donors (Lipinski definition) is 1. The van der Waals surface area contributed by atoms with Gasteiger partial charge in [-0.1, -0.05) is 59.7 Å². The first-order chi connectivity index (χ1) is 34.5. The Morgan fingerprint density at radius 1 is 0.465 bits per heavy atom. The minimum Gasteiger partial charge on any atom is -0.487 e. The van der Waals surface area contributed by atoms with Crippen molar-refractivity contribution in [2.24, 2.45) is 0 Å². The number of ether oxygens (including phenoxy) is 12. The van der Waals surface area contributed by atoms with Crippen molar-refractivity contribution in [3.05, 3.63) is 88.5 Å². The van der Waals surface area contributed by atoms with E-state index in [1.165, 1.54) is 0 Å². The second kappa shape index (κ2) is 38.7. The third-order valence-electron chi connectivity index (χ3n) is 10.0. The lowest BCUT2D eigenvalue weighted by Crippen LogP contribution is -2.23. The lowest BCUT2D eigenvalue weighted by Gasteiger charge is -2.19. The van der Waals surface area contributed by atoms with Gasteiger partial charge >= 0.3 is 11.9 Å². The first kappa shape index (κ1) is 60.4. The number of esters is 2. The van der Waals surface area contributed by atoms with Crippen LogP contribution in [0.5, 0.6) is 17.2 Å². The summed E-state index contributed by atoms with van der Waals surface area (Å²) >= 11 is 0. The van der Waals surface area contributed by atoms with Gasteiger partial charge in [0.15, 0.2) is 11.5 Å². The Labute approximate surface area is 421 Å². The summed E-state index contributed by atoms with van der Waals surface area (Å²) < 4.78 is 69.0. The van der Waals surface area contributed by atoms with Gasteiger partial charge < -0.3 is 72.0 Å². The van der Waals surface area contributed by atoms with E-state index in [2.05, 4.69) is 11.4 Å². The number of rotatable bonds is 43. The average molecular weight is 1000 g/mol. The summed E-state index contributed by atoms with van der Waals surface area (Å²) in [5.41, 5.74) is 4.59. The van der Waals surface area contributed by atoms with E-state index in [9.17, 15) is 14.4 Å². The zero-order valence-corrected chi connectivity index (χ0v) is 43.2. The molecule has 0 aliphatic carbocycles. The van der Waals surface area contributed by atoms with Crippen LogP contribution in [0.2, 0.25) is 0 Å². The minimum atomic E-state index is -0.332. The van der Waals surface area contributed by atoms with E-state index < -0.39 is 0 Å². The predicted molar refractivity (Wildman–Crippen MR) is 269 cm³/mol. The highest BCUT2D eigenvalue weighted by molar-refractivity contribution is 5.95. The van der Waals surface area contributed by atoms with E-state index in [1.54, 1.807) is 12.1 Å². The Morgan fingerprint density at radius 2 is 0.873 bits per heavy atom. The number of nitrogens with one attached hydrogen (secondary N) is 1. The second-order valence-electron chi connectivity index (χ2n) is 17.0. The molecule has 398 valence electrons. The molecule has 0 atom stereocenters. The van der Waals surface area contributed by atoms with Gasteiger partial charge in [-0.3, -0.25) is 14.4 Å². The molecule has 0 bridgehead atoms. The molecule has 1 amide bonds. The van der Waals surface area contributed by atoms with Crippen LogP contribution < -0.4 is 19.5 Å². The predicted octanol–water partition coefficient (Wildman–Crippen LogP) is 5.46. The van der Waals surface area contributed by atoms with E-state index in [1.807, 2.05) is 94.3 Å². The van der Waals surface area contributed by atoms with Crippen molar-refractivity contribution in [3.8, 4) is 17.2 Å². The van der Waals surface area contributed by atoms with Gasteiger partial charge in [0.25, 0.3) is 5.91 Å². The standard InChI is InChI=1S/C53H81N3O15/c1-43-36-44(2)38-46(37-43)41-54-53(59)47-39-48(67-31-26-61-19-18-60-24-25-66-42-45-12-8-7-9-13-45)52(71-35-30-65-23-22-64-29-34-70-51(58)15-11-17-56(5)6)49(40-47)68-32-27-62-20-21-63-28-33-69-50(57)14-10-16-55(3)4/h7-9,12-13,36-40H,10-11,14-35,41-42H2,1-6H3,(H,54,59). The summed E-state index contributed by atoms with van der Waals surface area (Å²) in [7, 11) is 7.85. The SMILES string of the molecule is Cc1cc(C)cc(CNC(=O)c2cc(OCCOCCOCCOCc3ccccc3)c(OCCOCCOCCOC(=O)CCCN(C)C)c(OCCOCCOCCOC(=O)CCCN(C)C)c2)c1. The number of carbonyl (C=O) groups is 3. The van der Waals surface area contributed by atoms with Crippen LogP contribution in [0.25, 0.3) is 0 Å². The van der Waals surface area contributed by atoms with Crippen LogP contribution in [0.15, 0.2) is 60.7 Å². The zero-order valence-electron chi connectivity index (χ0n) is 43.2. The molecule has 71 heavy (non-hydrogen) atoms. The Kier molecular flexibility index (Phi) is 33.0. The van der Waals surface area contributed by atoms with Crippen LogP contribution in [0.1, 0.15) is 58.3 Å². The van der Waals surface area contributed by atoms with E-state index in [0.29, 0.717) is 71.2 Å². The first-order valence-electron chi connectivity index (χ1n) is 24.6. The number of carbonyl (C=O) groups excluding carboxylic acids is 3. The van der Waals surface area contributed by atoms with Crippen molar-refractivity contribution in [1.82, 2.24) is 15.1 Å². The highest BCUT2D eigenvalue weighted by atomic mass is 16.6. The maximum atomic E-state index is 13.7. The summed E-state index contributed by atoms with van der Waals surface area (Å²) in [6.07, 6.45) is 2.20. The fraction of sp³-hybridized carbons (Fsp3) is 0.604. The van der Waals surface area contributed by atoms with E-state index >= 15 is 0 Å². The number of amides is 1. The normalized spacial score (nSPS) is 11.3. The van der Waals surface area contributed by atoms with Crippen molar-refractivity contribution >= 4 is 17.8 Å².